The lowest BCUT2D eigenvalue weighted by Crippen LogP contribution is -2.39. The molecule has 0 bridgehead atoms. The van der Waals surface area contributed by atoms with Gasteiger partial charge in [0.05, 0.1) is 5.56 Å². The van der Waals surface area contributed by atoms with Gasteiger partial charge in [0, 0.05) is 12.2 Å². The van der Waals surface area contributed by atoms with E-state index in [9.17, 15) is 9.59 Å². The SMILES string of the molecule is Cc1ccc(C(=O)O[C@H](C)C(=O)N2CCc3ccccc32)c(C)c1. The fourth-order valence-corrected chi connectivity index (χ4v) is 3.10. The molecule has 24 heavy (non-hydrogen) atoms. The normalized spacial score (nSPS) is 14.2. The Hall–Kier alpha value is -2.62. The largest absolute Gasteiger partial charge is 0.449 e. The number of aryl methyl sites for hydroxylation is 2. The van der Waals surface area contributed by atoms with Crippen molar-refractivity contribution in [2.24, 2.45) is 0 Å². The molecule has 0 aromatic heterocycles. The molecule has 1 heterocycles. The summed E-state index contributed by atoms with van der Waals surface area (Å²) in [7, 11) is 0. The fourth-order valence-electron chi connectivity index (χ4n) is 3.10. The standard InChI is InChI=1S/C20H21NO3/c1-13-8-9-17(14(2)12-13)20(23)24-15(3)19(22)21-11-10-16-6-4-5-7-18(16)21/h4-9,12,15H,10-11H2,1-3H3/t15-/m1/s1. The molecular weight excluding hydrogens is 302 g/mol. The summed E-state index contributed by atoms with van der Waals surface area (Å²) in [6.45, 7) is 6.10. The molecule has 1 atom stereocenters. The van der Waals surface area contributed by atoms with Gasteiger partial charge in [-0.15, -0.1) is 0 Å². The molecule has 4 nitrogen and oxygen atoms in total. The Morgan fingerprint density at radius 1 is 1.12 bits per heavy atom. The van der Waals surface area contributed by atoms with Gasteiger partial charge in [0.25, 0.3) is 5.91 Å². The zero-order valence-electron chi connectivity index (χ0n) is 14.2. The Bertz CT molecular complexity index is 797. The van der Waals surface area contributed by atoms with Crippen LogP contribution < -0.4 is 4.90 Å². The molecular formula is C20H21NO3. The van der Waals surface area contributed by atoms with Gasteiger partial charge in [0.2, 0.25) is 0 Å². The van der Waals surface area contributed by atoms with Gasteiger partial charge in [-0.25, -0.2) is 4.79 Å². The lowest BCUT2D eigenvalue weighted by atomic mass is 10.1. The molecule has 2 aromatic carbocycles. The Kier molecular flexibility index (Phi) is 4.38. The maximum absolute atomic E-state index is 12.7. The second-order valence-electron chi connectivity index (χ2n) is 6.23. The zero-order chi connectivity index (χ0) is 17.3. The third-order valence-corrected chi connectivity index (χ3v) is 4.39. The molecule has 1 aliphatic heterocycles. The van der Waals surface area contributed by atoms with Gasteiger partial charge in [-0.3, -0.25) is 4.79 Å². The van der Waals surface area contributed by atoms with Crippen molar-refractivity contribution in [2.75, 3.05) is 11.4 Å². The average Bonchev–Trinajstić information content (AvgIpc) is 2.97. The average molecular weight is 323 g/mol. The summed E-state index contributed by atoms with van der Waals surface area (Å²) < 4.78 is 5.42. The van der Waals surface area contributed by atoms with Crippen molar-refractivity contribution in [1.29, 1.82) is 0 Å². The molecule has 0 fully saturated rings. The summed E-state index contributed by atoms with van der Waals surface area (Å²) in [5.74, 6) is -0.640. The number of benzene rings is 2. The number of ether oxygens (including phenoxy) is 1. The van der Waals surface area contributed by atoms with E-state index in [0.29, 0.717) is 12.1 Å². The minimum Gasteiger partial charge on any atom is -0.449 e. The third kappa shape index (κ3) is 3.04. The predicted molar refractivity (Wildman–Crippen MR) is 93.3 cm³/mol. The minimum atomic E-state index is -0.815. The summed E-state index contributed by atoms with van der Waals surface area (Å²) in [6, 6.07) is 13.4. The third-order valence-electron chi connectivity index (χ3n) is 4.39. The lowest BCUT2D eigenvalue weighted by molar-refractivity contribution is -0.126. The highest BCUT2D eigenvalue weighted by molar-refractivity contribution is 6.00. The van der Waals surface area contributed by atoms with Crippen LogP contribution in [0.4, 0.5) is 5.69 Å². The quantitative estimate of drug-likeness (QED) is 0.813. The highest BCUT2D eigenvalue weighted by atomic mass is 16.5. The van der Waals surface area contributed by atoms with Crippen molar-refractivity contribution < 1.29 is 14.3 Å². The Morgan fingerprint density at radius 2 is 1.88 bits per heavy atom. The van der Waals surface area contributed by atoms with Gasteiger partial charge in [0.15, 0.2) is 6.10 Å². The van der Waals surface area contributed by atoms with Crippen LogP contribution in [0.3, 0.4) is 0 Å². The number of carbonyl (C=O) groups is 2. The number of hydrogen-bond donors (Lipinski definition) is 0. The molecule has 0 aliphatic carbocycles. The number of esters is 1. The van der Waals surface area contributed by atoms with Crippen molar-refractivity contribution in [3.8, 4) is 0 Å². The monoisotopic (exact) mass is 323 g/mol. The molecule has 0 N–H and O–H groups in total. The van der Waals surface area contributed by atoms with Crippen LogP contribution in [-0.2, 0) is 16.0 Å². The number of nitrogens with zero attached hydrogens (tertiary/aromatic N) is 1. The maximum Gasteiger partial charge on any atom is 0.339 e. The first-order valence-electron chi connectivity index (χ1n) is 8.15. The highest BCUT2D eigenvalue weighted by Gasteiger charge is 2.30. The molecule has 0 saturated heterocycles. The van der Waals surface area contributed by atoms with E-state index in [-0.39, 0.29) is 5.91 Å². The molecule has 1 aliphatic rings. The van der Waals surface area contributed by atoms with E-state index in [0.717, 1.165) is 28.8 Å². The van der Waals surface area contributed by atoms with Crippen molar-refractivity contribution in [3.63, 3.8) is 0 Å². The van der Waals surface area contributed by atoms with Gasteiger partial charge >= 0.3 is 5.97 Å². The number of para-hydroxylation sites is 1. The topological polar surface area (TPSA) is 46.6 Å². The molecule has 0 radical (unpaired) electrons. The molecule has 0 saturated carbocycles. The summed E-state index contributed by atoms with van der Waals surface area (Å²) in [6.07, 6.45) is 0.0176. The van der Waals surface area contributed by atoms with E-state index in [1.54, 1.807) is 17.9 Å². The zero-order valence-corrected chi connectivity index (χ0v) is 14.2. The van der Waals surface area contributed by atoms with Gasteiger partial charge in [0.1, 0.15) is 0 Å². The van der Waals surface area contributed by atoms with Gasteiger partial charge in [-0.2, -0.15) is 0 Å². The van der Waals surface area contributed by atoms with E-state index >= 15 is 0 Å². The molecule has 0 unspecified atom stereocenters. The van der Waals surface area contributed by atoms with Crippen molar-refractivity contribution >= 4 is 17.6 Å². The first-order valence-corrected chi connectivity index (χ1v) is 8.15. The minimum absolute atomic E-state index is 0.182. The molecule has 3 rings (SSSR count). The second-order valence-corrected chi connectivity index (χ2v) is 6.23. The van der Waals surface area contributed by atoms with E-state index in [1.165, 1.54) is 0 Å². The van der Waals surface area contributed by atoms with E-state index in [4.69, 9.17) is 4.74 Å². The summed E-state index contributed by atoms with van der Waals surface area (Å²) in [5, 5.41) is 0. The van der Waals surface area contributed by atoms with Crippen LogP contribution in [0.2, 0.25) is 0 Å². The number of rotatable bonds is 3. The van der Waals surface area contributed by atoms with Crippen molar-refractivity contribution in [3.05, 3.63) is 64.7 Å². The van der Waals surface area contributed by atoms with E-state index in [2.05, 4.69) is 0 Å². The van der Waals surface area contributed by atoms with Crippen molar-refractivity contribution in [2.45, 2.75) is 33.3 Å². The molecule has 2 aromatic rings. The Labute approximate surface area is 142 Å². The van der Waals surface area contributed by atoms with Crippen LogP contribution in [0.15, 0.2) is 42.5 Å². The Balaban J connectivity index is 1.72. The van der Waals surface area contributed by atoms with Crippen LogP contribution >= 0.6 is 0 Å². The predicted octanol–water partition coefficient (Wildman–Crippen LogP) is 3.44. The molecule has 1 amide bonds. The van der Waals surface area contributed by atoms with Crippen LogP contribution in [-0.4, -0.2) is 24.5 Å². The second kappa shape index (κ2) is 6.48. The van der Waals surface area contributed by atoms with E-state index in [1.807, 2.05) is 50.2 Å². The number of anilines is 1. The summed E-state index contributed by atoms with van der Waals surface area (Å²) in [4.78, 5) is 26.7. The van der Waals surface area contributed by atoms with Crippen LogP contribution in [0, 0.1) is 13.8 Å². The number of amides is 1. The van der Waals surface area contributed by atoms with E-state index < -0.39 is 12.1 Å². The summed E-state index contributed by atoms with van der Waals surface area (Å²) >= 11 is 0. The number of hydrogen-bond acceptors (Lipinski definition) is 3. The lowest BCUT2D eigenvalue weighted by Gasteiger charge is -2.22. The first kappa shape index (κ1) is 16.2. The molecule has 0 spiro atoms. The maximum atomic E-state index is 12.7. The van der Waals surface area contributed by atoms with Crippen LogP contribution in [0.5, 0.6) is 0 Å². The number of carbonyl (C=O) groups excluding carboxylic acids is 2. The van der Waals surface area contributed by atoms with Crippen LogP contribution in [0.1, 0.15) is 34.0 Å². The van der Waals surface area contributed by atoms with Gasteiger partial charge in [-0.05, 0) is 50.5 Å². The van der Waals surface area contributed by atoms with Gasteiger partial charge < -0.3 is 9.64 Å². The first-order chi connectivity index (χ1) is 11.5. The fraction of sp³-hybridized carbons (Fsp3) is 0.300. The number of fused-ring (bicyclic) bond motifs is 1. The van der Waals surface area contributed by atoms with Crippen molar-refractivity contribution in [1.82, 2.24) is 0 Å². The smallest absolute Gasteiger partial charge is 0.339 e. The van der Waals surface area contributed by atoms with Gasteiger partial charge in [-0.1, -0.05) is 35.9 Å². The Morgan fingerprint density at radius 3 is 2.62 bits per heavy atom. The highest BCUT2D eigenvalue weighted by Crippen LogP contribution is 2.28. The summed E-state index contributed by atoms with van der Waals surface area (Å²) in [5.41, 5.74) is 4.51. The van der Waals surface area contributed by atoms with Crippen LogP contribution in [0.25, 0.3) is 0 Å². The molecule has 124 valence electrons. The molecule has 4 heteroatoms.